The fourth-order valence-electron chi connectivity index (χ4n) is 4.00. The van der Waals surface area contributed by atoms with Gasteiger partial charge in [-0.1, -0.05) is 19.1 Å². The molecule has 0 bridgehead atoms. The van der Waals surface area contributed by atoms with Gasteiger partial charge in [0, 0.05) is 31.7 Å². The Morgan fingerprint density at radius 1 is 1.29 bits per heavy atom. The zero-order chi connectivity index (χ0) is 19.5. The van der Waals surface area contributed by atoms with Crippen LogP contribution in [0.1, 0.15) is 37.1 Å². The average molecular weight is 378 g/mol. The maximum Gasteiger partial charge on any atom is 0.227 e. The summed E-state index contributed by atoms with van der Waals surface area (Å²) in [7, 11) is 1.64. The summed E-state index contributed by atoms with van der Waals surface area (Å²) in [5.41, 5.74) is 2.86. The number of carbonyl (C=O) groups excluding carboxylic acids is 1. The molecule has 0 saturated carbocycles. The summed E-state index contributed by atoms with van der Waals surface area (Å²) in [6, 6.07) is 11.7. The van der Waals surface area contributed by atoms with Gasteiger partial charge in [0.2, 0.25) is 5.91 Å². The Balaban J connectivity index is 1.50. The molecule has 3 aromatic rings. The van der Waals surface area contributed by atoms with Gasteiger partial charge in [0.25, 0.3) is 0 Å². The van der Waals surface area contributed by atoms with Crippen LogP contribution in [0.5, 0.6) is 5.75 Å². The molecular formula is C22H26N4O2. The third-order valence-corrected chi connectivity index (χ3v) is 5.38. The minimum absolute atomic E-state index is 0.159. The molecule has 1 saturated heterocycles. The Labute approximate surface area is 165 Å². The molecule has 0 radical (unpaired) electrons. The number of methoxy groups -OCH3 is 1. The van der Waals surface area contributed by atoms with E-state index in [1.165, 1.54) is 0 Å². The van der Waals surface area contributed by atoms with E-state index < -0.39 is 0 Å². The molecule has 146 valence electrons. The van der Waals surface area contributed by atoms with Gasteiger partial charge in [-0.05, 0) is 42.7 Å². The van der Waals surface area contributed by atoms with Crippen LogP contribution in [0.15, 0.2) is 42.6 Å². The largest absolute Gasteiger partial charge is 0.497 e. The number of imidazole rings is 1. The van der Waals surface area contributed by atoms with Crippen molar-refractivity contribution in [1.82, 2.24) is 19.4 Å². The standard InChI is InChI=1S/C22H26N4O2/c1-3-11-26-21(24-19-8-5-10-23-22(19)26)17-9-12-25(15-17)20(27)14-16-6-4-7-18(13-16)28-2/h4-8,10,13,17H,3,9,11-12,14-15H2,1-2H3. The number of hydrogen-bond donors (Lipinski definition) is 0. The van der Waals surface area contributed by atoms with Crippen LogP contribution >= 0.6 is 0 Å². The van der Waals surface area contributed by atoms with E-state index in [1.54, 1.807) is 7.11 Å². The second kappa shape index (κ2) is 8.00. The van der Waals surface area contributed by atoms with Gasteiger partial charge in [-0.2, -0.15) is 0 Å². The van der Waals surface area contributed by atoms with E-state index in [2.05, 4.69) is 16.5 Å². The summed E-state index contributed by atoms with van der Waals surface area (Å²) in [6.45, 7) is 4.56. The SMILES string of the molecule is CCCn1c(C2CCN(C(=O)Cc3cccc(OC)c3)C2)nc2cccnc21. The fourth-order valence-corrected chi connectivity index (χ4v) is 4.00. The van der Waals surface area contributed by atoms with E-state index in [4.69, 9.17) is 9.72 Å². The number of hydrogen-bond acceptors (Lipinski definition) is 4. The number of aryl methyl sites for hydroxylation is 1. The van der Waals surface area contributed by atoms with Crippen molar-refractivity contribution in [3.8, 4) is 5.75 Å². The maximum atomic E-state index is 12.8. The highest BCUT2D eigenvalue weighted by atomic mass is 16.5. The molecule has 0 spiro atoms. The molecule has 1 fully saturated rings. The zero-order valence-corrected chi connectivity index (χ0v) is 16.5. The Bertz CT molecular complexity index is 982. The summed E-state index contributed by atoms with van der Waals surface area (Å²) >= 11 is 0. The first-order valence-electron chi connectivity index (χ1n) is 9.91. The van der Waals surface area contributed by atoms with Crippen LogP contribution in [0.25, 0.3) is 11.2 Å². The molecule has 1 unspecified atom stereocenters. The first-order chi connectivity index (χ1) is 13.7. The fraction of sp³-hybridized carbons (Fsp3) is 0.409. The third kappa shape index (κ3) is 3.59. The van der Waals surface area contributed by atoms with Crippen LogP contribution in [0.4, 0.5) is 0 Å². The molecule has 0 N–H and O–H groups in total. The predicted molar refractivity (Wildman–Crippen MR) is 108 cm³/mol. The second-order valence-electron chi connectivity index (χ2n) is 7.32. The number of fused-ring (bicyclic) bond motifs is 1. The van der Waals surface area contributed by atoms with Crippen LogP contribution in [-0.4, -0.2) is 45.5 Å². The van der Waals surface area contributed by atoms with E-state index in [-0.39, 0.29) is 11.8 Å². The van der Waals surface area contributed by atoms with Crippen molar-refractivity contribution in [2.75, 3.05) is 20.2 Å². The van der Waals surface area contributed by atoms with Crippen molar-refractivity contribution in [3.05, 3.63) is 54.0 Å². The number of benzene rings is 1. The Morgan fingerprint density at radius 2 is 2.18 bits per heavy atom. The number of amides is 1. The summed E-state index contributed by atoms with van der Waals surface area (Å²) < 4.78 is 7.49. The minimum Gasteiger partial charge on any atom is -0.497 e. The highest BCUT2D eigenvalue weighted by Crippen LogP contribution is 2.29. The Morgan fingerprint density at radius 3 is 3.00 bits per heavy atom. The summed E-state index contributed by atoms with van der Waals surface area (Å²) in [5.74, 6) is 2.26. The number of aromatic nitrogens is 3. The van der Waals surface area contributed by atoms with E-state index >= 15 is 0 Å². The van der Waals surface area contributed by atoms with Crippen molar-refractivity contribution < 1.29 is 9.53 Å². The van der Waals surface area contributed by atoms with Gasteiger partial charge >= 0.3 is 0 Å². The smallest absolute Gasteiger partial charge is 0.227 e. The minimum atomic E-state index is 0.159. The number of likely N-dealkylation sites (tertiary alicyclic amines) is 1. The lowest BCUT2D eigenvalue weighted by Crippen LogP contribution is -2.30. The molecule has 0 aliphatic carbocycles. The van der Waals surface area contributed by atoms with E-state index in [1.807, 2.05) is 47.5 Å². The Kier molecular flexibility index (Phi) is 5.28. The van der Waals surface area contributed by atoms with E-state index in [9.17, 15) is 4.79 Å². The molecule has 1 aromatic carbocycles. The second-order valence-corrected chi connectivity index (χ2v) is 7.32. The van der Waals surface area contributed by atoms with Crippen molar-refractivity contribution in [2.24, 2.45) is 0 Å². The summed E-state index contributed by atoms with van der Waals surface area (Å²) in [5, 5.41) is 0. The van der Waals surface area contributed by atoms with Crippen molar-refractivity contribution in [3.63, 3.8) is 0 Å². The molecule has 6 heteroatoms. The van der Waals surface area contributed by atoms with E-state index in [0.717, 1.165) is 60.8 Å². The lowest BCUT2D eigenvalue weighted by atomic mass is 10.1. The van der Waals surface area contributed by atoms with Crippen molar-refractivity contribution in [1.29, 1.82) is 0 Å². The maximum absolute atomic E-state index is 12.8. The van der Waals surface area contributed by atoms with Crippen molar-refractivity contribution in [2.45, 2.75) is 38.6 Å². The van der Waals surface area contributed by atoms with Gasteiger partial charge in [0.15, 0.2) is 5.65 Å². The molecule has 1 amide bonds. The number of nitrogens with zero attached hydrogens (tertiary/aromatic N) is 4. The van der Waals surface area contributed by atoms with Crippen LogP contribution in [0, 0.1) is 0 Å². The van der Waals surface area contributed by atoms with Gasteiger partial charge in [0.05, 0.1) is 13.5 Å². The quantitative estimate of drug-likeness (QED) is 0.660. The van der Waals surface area contributed by atoms with Gasteiger partial charge in [0.1, 0.15) is 17.1 Å². The highest BCUT2D eigenvalue weighted by molar-refractivity contribution is 5.79. The molecule has 1 aliphatic heterocycles. The molecule has 1 aliphatic rings. The molecule has 4 rings (SSSR count). The molecule has 3 heterocycles. The molecule has 2 aromatic heterocycles. The number of rotatable bonds is 6. The van der Waals surface area contributed by atoms with Gasteiger partial charge in [-0.15, -0.1) is 0 Å². The van der Waals surface area contributed by atoms with Gasteiger partial charge in [-0.3, -0.25) is 4.79 Å². The van der Waals surface area contributed by atoms with Crippen LogP contribution in [0.3, 0.4) is 0 Å². The topological polar surface area (TPSA) is 60.2 Å². The first-order valence-corrected chi connectivity index (χ1v) is 9.91. The first kappa shape index (κ1) is 18.5. The monoisotopic (exact) mass is 378 g/mol. The lowest BCUT2D eigenvalue weighted by Gasteiger charge is -2.17. The third-order valence-electron chi connectivity index (χ3n) is 5.38. The van der Waals surface area contributed by atoms with Crippen molar-refractivity contribution >= 4 is 17.1 Å². The number of carbonyl (C=O) groups is 1. The summed E-state index contributed by atoms with van der Waals surface area (Å²) in [4.78, 5) is 24.2. The Hall–Kier alpha value is -2.89. The molecule has 28 heavy (non-hydrogen) atoms. The highest BCUT2D eigenvalue weighted by Gasteiger charge is 2.31. The van der Waals surface area contributed by atoms with Crippen LogP contribution < -0.4 is 4.74 Å². The normalized spacial score (nSPS) is 16.6. The average Bonchev–Trinajstić information content (AvgIpc) is 3.34. The number of pyridine rings is 1. The predicted octanol–water partition coefficient (Wildman–Crippen LogP) is 3.41. The van der Waals surface area contributed by atoms with Gasteiger partial charge < -0.3 is 14.2 Å². The van der Waals surface area contributed by atoms with Crippen LogP contribution in [-0.2, 0) is 17.8 Å². The summed E-state index contributed by atoms with van der Waals surface area (Å²) in [6.07, 6.45) is 4.19. The molecule has 6 nitrogen and oxygen atoms in total. The zero-order valence-electron chi connectivity index (χ0n) is 16.5. The van der Waals surface area contributed by atoms with E-state index in [0.29, 0.717) is 6.42 Å². The number of ether oxygens (including phenoxy) is 1. The van der Waals surface area contributed by atoms with Gasteiger partial charge in [-0.25, -0.2) is 9.97 Å². The lowest BCUT2D eigenvalue weighted by molar-refractivity contribution is -0.129. The van der Waals surface area contributed by atoms with Crippen LogP contribution in [0.2, 0.25) is 0 Å². The molecular weight excluding hydrogens is 352 g/mol. The molecule has 1 atom stereocenters.